The van der Waals surface area contributed by atoms with E-state index < -0.39 is 17.7 Å². The molecule has 0 bridgehead atoms. The van der Waals surface area contributed by atoms with E-state index in [1.54, 1.807) is 0 Å². The van der Waals surface area contributed by atoms with Crippen molar-refractivity contribution < 1.29 is 17.6 Å². The zero-order valence-corrected chi connectivity index (χ0v) is 14.2. The number of alkyl halides is 3. The van der Waals surface area contributed by atoms with Gasteiger partial charge in [0.2, 0.25) is 0 Å². The SMILES string of the molecule is Cc1ccc(C)c(Nc2nc(C(F)(F)F)c(-c3ccccc3F)s2)c1. The van der Waals surface area contributed by atoms with E-state index in [0.29, 0.717) is 5.69 Å². The maximum absolute atomic E-state index is 14.0. The number of thiazole rings is 1. The lowest BCUT2D eigenvalue weighted by molar-refractivity contribution is -0.140. The second kappa shape index (κ2) is 6.48. The molecule has 25 heavy (non-hydrogen) atoms. The summed E-state index contributed by atoms with van der Waals surface area (Å²) in [5.41, 5.74) is 1.32. The van der Waals surface area contributed by atoms with Crippen LogP contribution >= 0.6 is 11.3 Å². The van der Waals surface area contributed by atoms with Crippen molar-refractivity contribution in [2.45, 2.75) is 20.0 Å². The van der Waals surface area contributed by atoms with Crippen LogP contribution in [0.15, 0.2) is 42.5 Å². The van der Waals surface area contributed by atoms with Crippen LogP contribution in [0.4, 0.5) is 28.4 Å². The van der Waals surface area contributed by atoms with Crippen LogP contribution in [0.1, 0.15) is 16.8 Å². The highest BCUT2D eigenvalue weighted by molar-refractivity contribution is 7.19. The van der Waals surface area contributed by atoms with Gasteiger partial charge in [-0.2, -0.15) is 13.2 Å². The minimum Gasteiger partial charge on any atom is -0.331 e. The molecule has 3 rings (SSSR count). The number of nitrogens with zero attached hydrogens (tertiary/aromatic N) is 1. The van der Waals surface area contributed by atoms with Crippen LogP contribution in [0.2, 0.25) is 0 Å². The number of anilines is 2. The molecule has 2 nitrogen and oxygen atoms in total. The molecular formula is C18H14F4N2S. The average molecular weight is 366 g/mol. The summed E-state index contributed by atoms with van der Waals surface area (Å²) in [6.07, 6.45) is -4.67. The Morgan fingerprint density at radius 3 is 2.44 bits per heavy atom. The molecular weight excluding hydrogens is 352 g/mol. The summed E-state index contributed by atoms with van der Waals surface area (Å²) in [5.74, 6) is -0.713. The summed E-state index contributed by atoms with van der Waals surface area (Å²) in [6, 6.07) is 11.0. The third kappa shape index (κ3) is 3.66. The molecule has 1 heterocycles. The molecule has 0 aliphatic heterocycles. The molecule has 7 heteroatoms. The lowest BCUT2D eigenvalue weighted by atomic mass is 10.1. The highest BCUT2D eigenvalue weighted by Crippen LogP contribution is 2.43. The molecule has 2 aromatic carbocycles. The number of aryl methyl sites for hydroxylation is 2. The summed E-state index contributed by atoms with van der Waals surface area (Å²) in [4.78, 5) is 3.44. The maximum atomic E-state index is 14.0. The van der Waals surface area contributed by atoms with Crippen molar-refractivity contribution in [2.75, 3.05) is 5.32 Å². The zero-order chi connectivity index (χ0) is 18.2. The minimum absolute atomic E-state index is 0.0688. The molecule has 0 atom stereocenters. The summed E-state index contributed by atoms with van der Waals surface area (Å²) >= 11 is 0.781. The first kappa shape index (κ1) is 17.4. The molecule has 130 valence electrons. The predicted octanol–water partition coefficient (Wildman–Crippen LogP) is 6.33. The Balaban J connectivity index is 2.08. The van der Waals surface area contributed by atoms with Gasteiger partial charge in [0.25, 0.3) is 0 Å². The van der Waals surface area contributed by atoms with Crippen molar-refractivity contribution in [2.24, 2.45) is 0 Å². The van der Waals surface area contributed by atoms with E-state index in [2.05, 4.69) is 10.3 Å². The standard InChI is InChI=1S/C18H14F4N2S/c1-10-7-8-11(2)14(9-10)23-17-24-16(18(20,21)22)15(25-17)12-5-3-4-6-13(12)19/h3-9H,1-2H3,(H,23,24). The van der Waals surface area contributed by atoms with Crippen molar-refractivity contribution >= 4 is 22.2 Å². The van der Waals surface area contributed by atoms with Crippen LogP contribution in [0.5, 0.6) is 0 Å². The van der Waals surface area contributed by atoms with E-state index in [0.717, 1.165) is 28.5 Å². The van der Waals surface area contributed by atoms with Gasteiger partial charge in [-0.25, -0.2) is 9.37 Å². The quantitative estimate of drug-likeness (QED) is 0.548. The third-order valence-corrected chi connectivity index (χ3v) is 4.65. The summed E-state index contributed by atoms with van der Waals surface area (Å²) in [7, 11) is 0. The van der Waals surface area contributed by atoms with E-state index in [1.165, 1.54) is 18.2 Å². The number of aromatic nitrogens is 1. The lowest BCUT2D eigenvalue weighted by Crippen LogP contribution is -2.07. The fraction of sp³-hybridized carbons (Fsp3) is 0.167. The number of rotatable bonds is 3. The van der Waals surface area contributed by atoms with Crippen LogP contribution in [-0.2, 0) is 6.18 Å². The molecule has 0 spiro atoms. The van der Waals surface area contributed by atoms with E-state index in [9.17, 15) is 17.6 Å². The molecule has 3 aromatic rings. The summed E-state index contributed by atoms with van der Waals surface area (Å²) in [6.45, 7) is 3.73. The van der Waals surface area contributed by atoms with Crippen molar-refractivity contribution in [3.05, 3.63) is 65.1 Å². The van der Waals surface area contributed by atoms with Crippen LogP contribution in [-0.4, -0.2) is 4.98 Å². The summed E-state index contributed by atoms with van der Waals surface area (Å²) in [5, 5.41) is 2.99. The Hall–Kier alpha value is -2.41. The van der Waals surface area contributed by atoms with Crippen molar-refractivity contribution in [1.82, 2.24) is 4.98 Å². The van der Waals surface area contributed by atoms with Crippen LogP contribution in [0.3, 0.4) is 0 Å². The van der Waals surface area contributed by atoms with Gasteiger partial charge in [0.05, 0.1) is 4.88 Å². The van der Waals surface area contributed by atoms with Gasteiger partial charge in [-0.05, 0) is 37.1 Å². The smallest absolute Gasteiger partial charge is 0.331 e. The number of nitrogens with one attached hydrogen (secondary N) is 1. The number of benzene rings is 2. The maximum Gasteiger partial charge on any atom is 0.434 e. The Labute approximate surface area is 146 Å². The molecule has 0 saturated carbocycles. The molecule has 0 unspecified atom stereocenters. The van der Waals surface area contributed by atoms with Gasteiger partial charge >= 0.3 is 6.18 Å². The van der Waals surface area contributed by atoms with E-state index in [4.69, 9.17) is 0 Å². The van der Waals surface area contributed by atoms with Crippen molar-refractivity contribution in [1.29, 1.82) is 0 Å². The topological polar surface area (TPSA) is 24.9 Å². The molecule has 0 aliphatic carbocycles. The van der Waals surface area contributed by atoms with Crippen molar-refractivity contribution in [3.8, 4) is 10.4 Å². The largest absolute Gasteiger partial charge is 0.434 e. The Morgan fingerprint density at radius 2 is 1.76 bits per heavy atom. The van der Waals surface area contributed by atoms with Gasteiger partial charge in [-0.1, -0.05) is 41.7 Å². The second-order valence-corrected chi connectivity index (χ2v) is 6.62. The van der Waals surface area contributed by atoms with Gasteiger partial charge in [-0.15, -0.1) is 0 Å². The third-order valence-electron chi connectivity index (χ3n) is 3.65. The summed E-state index contributed by atoms with van der Waals surface area (Å²) < 4.78 is 54.1. The minimum atomic E-state index is -4.67. The highest BCUT2D eigenvalue weighted by atomic mass is 32.1. The average Bonchev–Trinajstić information content (AvgIpc) is 2.95. The fourth-order valence-corrected chi connectivity index (χ4v) is 3.40. The first-order chi connectivity index (χ1) is 11.8. The zero-order valence-electron chi connectivity index (χ0n) is 13.4. The van der Waals surface area contributed by atoms with Crippen LogP contribution < -0.4 is 5.32 Å². The molecule has 0 aliphatic rings. The monoisotopic (exact) mass is 366 g/mol. The normalized spacial score (nSPS) is 11.6. The van der Waals surface area contributed by atoms with Crippen molar-refractivity contribution in [3.63, 3.8) is 0 Å². The van der Waals surface area contributed by atoms with E-state index in [-0.39, 0.29) is 15.6 Å². The Bertz CT molecular complexity index is 916. The van der Waals surface area contributed by atoms with Crippen LogP contribution in [0.25, 0.3) is 10.4 Å². The van der Waals surface area contributed by atoms with E-state index in [1.807, 2.05) is 32.0 Å². The first-order valence-electron chi connectivity index (χ1n) is 7.43. The highest BCUT2D eigenvalue weighted by Gasteiger charge is 2.38. The van der Waals surface area contributed by atoms with Gasteiger partial charge in [0.15, 0.2) is 10.8 Å². The number of hydrogen-bond donors (Lipinski definition) is 1. The van der Waals surface area contributed by atoms with Gasteiger partial charge in [-0.3, -0.25) is 0 Å². The molecule has 0 saturated heterocycles. The second-order valence-electron chi connectivity index (χ2n) is 5.62. The molecule has 0 radical (unpaired) electrons. The molecule has 1 N–H and O–H groups in total. The molecule has 0 fully saturated rings. The van der Waals surface area contributed by atoms with Crippen LogP contribution in [0, 0.1) is 19.7 Å². The van der Waals surface area contributed by atoms with Gasteiger partial charge < -0.3 is 5.32 Å². The number of hydrogen-bond acceptors (Lipinski definition) is 3. The molecule has 1 aromatic heterocycles. The lowest BCUT2D eigenvalue weighted by Gasteiger charge is -2.07. The fourth-order valence-electron chi connectivity index (χ4n) is 2.38. The Kier molecular flexibility index (Phi) is 4.51. The van der Waals surface area contributed by atoms with E-state index >= 15 is 0 Å². The Morgan fingerprint density at radius 1 is 1.04 bits per heavy atom. The van der Waals surface area contributed by atoms with Gasteiger partial charge in [0, 0.05) is 11.3 Å². The predicted molar refractivity (Wildman–Crippen MR) is 91.7 cm³/mol. The van der Waals surface area contributed by atoms with Gasteiger partial charge in [0.1, 0.15) is 5.82 Å². The molecule has 0 amide bonds. The number of halogens is 4. The first-order valence-corrected chi connectivity index (χ1v) is 8.24.